The number of hydrogen-bond acceptors (Lipinski definition) is 6. The zero-order valence-electron chi connectivity index (χ0n) is 17.5. The Hall–Kier alpha value is -3.65. The van der Waals surface area contributed by atoms with Crippen LogP contribution in [0.5, 0.6) is 5.75 Å². The molecular weight excluding hydrogens is 428 g/mol. The van der Waals surface area contributed by atoms with Crippen molar-refractivity contribution in [1.82, 2.24) is 4.90 Å². The van der Waals surface area contributed by atoms with Gasteiger partial charge in [-0.15, -0.1) is 0 Å². The lowest BCUT2D eigenvalue weighted by Crippen LogP contribution is -2.34. The van der Waals surface area contributed by atoms with Gasteiger partial charge in [0.05, 0.1) is 9.83 Å². The van der Waals surface area contributed by atoms with Crippen molar-refractivity contribution < 1.29 is 19.2 Å². The second-order valence-corrected chi connectivity index (χ2v) is 8.55. The van der Waals surface area contributed by atoms with Gasteiger partial charge in [-0.1, -0.05) is 42.5 Å². The molecule has 1 aliphatic heterocycles. The molecule has 1 fully saturated rings. The van der Waals surface area contributed by atoms with Crippen molar-refractivity contribution in [3.63, 3.8) is 0 Å². The van der Waals surface area contributed by atoms with E-state index in [4.69, 9.17) is 4.74 Å². The maximum Gasteiger partial charge on any atom is 0.293 e. The van der Waals surface area contributed by atoms with Crippen molar-refractivity contribution in [1.29, 1.82) is 0 Å². The Kier molecular flexibility index (Phi) is 5.96. The van der Waals surface area contributed by atoms with Gasteiger partial charge in [0.25, 0.3) is 16.8 Å². The van der Waals surface area contributed by atoms with Crippen LogP contribution in [0.1, 0.15) is 25.0 Å². The molecule has 0 unspecified atom stereocenters. The lowest BCUT2D eigenvalue weighted by molar-refractivity contribution is -0.384. The maximum absolute atomic E-state index is 12.8. The minimum absolute atomic E-state index is 0.00723. The van der Waals surface area contributed by atoms with Gasteiger partial charge in [-0.25, -0.2) is 0 Å². The molecule has 0 radical (unpaired) electrons. The van der Waals surface area contributed by atoms with E-state index in [0.717, 1.165) is 22.5 Å². The van der Waals surface area contributed by atoms with Gasteiger partial charge in [0.2, 0.25) is 0 Å². The van der Waals surface area contributed by atoms with Crippen LogP contribution in [0.15, 0.2) is 65.6 Å². The van der Waals surface area contributed by atoms with E-state index in [-0.39, 0.29) is 29.5 Å². The van der Waals surface area contributed by atoms with Crippen molar-refractivity contribution in [3.8, 4) is 5.75 Å². The van der Waals surface area contributed by atoms with E-state index < -0.39 is 4.92 Å². The first-order valence-electron chi connectivity index (χ1n) is 10.00. The van der Waals surface area contributed by atoms with Crippen molar-refractivity contribution in [2.24, 2.45) is 0 Å². The number of carbonyl (C=O) groups is 2. The summed E-state index contributed by atoms with van der Waals surface area (Å²) in [4.78, 5) is 37.3. The molecule has 3 aromatic rings. The summed E-state index contributed by atoms with van der Waals surface area (Å²) in [6.45, 7) is 3.71. The summed E-state index contributed by atoms with van der Waals surface area (Å²) in [5, 5.41) is 12.6. The standard InChI is InChI=1S/C24H20N2O5S/c1-15(2)25-23(27)22(32-24(25)28)13-20-19-9-4-3-7-17(19)10-11-21(20)31-14-16-6-5-8-18(12-16)26(29)30/h3-13,15H,14H2,1-2H3/b22-13+. The van der Waals surface area contributed by atoms with Gasteiger partial charge in [0, 0.05) is 23.7 Å². The van der Waals surface area contributed by atoms with Crippen LogP contribution in [-0.2, 0) is 11.4 Å². The van der Waals surface area contributed by atoms with Crippen molar-refractivity contribution in [2.45, 2.75) is 26.5 Å². The number of carbonyl (C=O) groups excluding carboxylic acids is 2. The van der Waals surface area contributed by atoms with E-state index in [1.807, 2.05) is 30.3 Å². The fourth-order valence-electron chi connectivity index (χ4n) is 3.53. The van der Waals surface area contributed by atoms with Crippen LogP contribution in [0.4, 0.5) is 10.5 Å². The Balaban J connectivity index is 1.72. The smallest absolute Gasteiger partial charge is 0.293 e. The van der Waals surface area contributed by atoms with E-state index >= 15 is 0 Å². The third-order valence-electron chi connectivity index (χ3n) is 5.06. The van der Waals surface area contributed by atoms with Gasteiger partial charge in [-0.2, -0.15) is 0 Å². The molecule has 4 rings (SSSR count). The molecule has 0 saturated carbocycles. The first-order chi connectivity index (χ1) is 15.3. The lowest BCUT2D eigenvalue weighted by atomic mass is 10.0. The summed E-state index contributed by atoms with van der Waals surface area (Å²) in [5.74, 6) is 0.194. The third-order valence-corrected chi connectivity index (χ3v) is 5.95. The molecule has 7 nitrogen and oxygen atoms in total. The second-order valence-electron chi connectivity index (χ2n) is 7.56. The first kappa shape index (κ1) is 21.6. The average Bonchev–Trinajstić information content (AvgIpc) is 3.06. The molecule has 1 saturated heterocycles. The minimum atomic E-state index is -0.449. The van der Waals surface area contributed by atoms with E-state index in [1.165, 1.54) is 17.0 Å². The van der Waals surface area contributed by atoms with Crippen LogP contribution in [-0.4, -0.2) is 27.0 Å². The number of benzene rings is 3. The highest BCUT2D eigenvalue weighted by atomic mass is 32.2. The Bertz CT molecular complexity index is 1270. The summed E-state index contributed by atoms with van der Waals surface area (Å²) in [6, 6.07) is 17.4. The van der Waals surface area contributed by atoms with Crippen LogP contribution in [0.3, 0.4) is 0 Å². The molecule has 0 aromatic heterocycles. The Labute approximate surface area is 188 Å². The third kappa shape index (κ3) is 4.22. The number of hydrogen-bond donors (Lipinski definition) is 0. The number of amides is 2. The molecule has 0 bridgehead atoms. The molecule has 0 spiro atoms. The van der Waals surface area contributed by atoms with Crippen LogP contribution in [0.25, 0.3) is 16.8 Å². The molecular formula is C24H20N2O5S. The highest BCUT2D eigenvalue weighted by Crippen LogP contribution is 2.37. The highest BCUT2D eigenvalue weighted by molar-refractivity contribution is 8.18. The number of thioether (sulfide) groups is 1. The summed E-state index contributed by atoms with van der Waals surface area (Å²) >= 11 is 0.910. The van der Waals surface area contributed by atoms with Crippen molar-refractivity contribution in [2.75, 3.05) is 0 Å². The molecule has 1 aliphatic rings. The molecule has 1 heterocycles. The first-order valence-corrected chi connectivity index (χ1v) is 10.8. The monoisotopic (exact) mass is 448 g/mol. The number of rotatable bonds is 6. The normalized spacial score (nSPS) is 15.2. The number of fused-ring (bicyclic) bond motifs is 1. The molecule has 0 atom stereocenters. The molecule has 0 N–H and O–H groups in total. The SMILES string of the molecule is CC(C)N1C(=O)S/C(=C/c2c(OCc3cccc([N+](=O)[O-])c3)ccc3ccccc23)C1=O. The summed E-state index contributed by atoms with van der Waals surface area (Å²) in [7, 11) is 0. The van der Waals surface area contributed by atoms with Gasteiger partial charge >= 0.3 is 0 Å². The van der Waals surface area contributed by atoms with Gasteiger partial charge < -0.3 is 4.74 Å². The zero-order chi connectivity index (χ0) is 22.8. The molecule has 32 heavy (non-hydrogen) atoms. The molecule has 3 aromatic carbocycles. The Morgan fingerprint density at radius 3 is 2.59 bits per heavy atom. The van der Waals surface area contributed by atoms with Crippen LogP contribution in [0.2, 0.25) is 0 Å². The summed E-state index contributed by atoms with van der Waals surface area (Å²) < 4.78 is 6.03. The number of non-ortho nitro benzene ring substituents is 1. The van der Waals surface area contributed by atoms with Crippen molar-refractivity contribution >= 4 is 45.4 Å². The fourth-order valence-corrected chi connectivity index (χ4v) is 4.47. The highest BCUT2D eigenvalue weighted by Gasteiger charge is 2.36. The largest absolute Gasteiger partial charge is 0.488 e. The Morgan fingerprint density at radius 1 is 1.09 bits per heavy atom. The molecule has 162 valence electrons. The maximum atomic E-state index is 12.8. The predicted molar refractivity (Wildman–Crippen MR) is 124 cm³/mol. The molecule has 2 amide bonds. The number of nitrogens with zero attached hydrogens (tertiary/aromatic N) is 2. The van der Waals surface area contributed by atoms with E-state index in [0.29, 0.717) is 21.8 Å². The van der Waals surface area contributed by atoms with E-state index in [2.05, 4.69) is 0 Å². The predicted octanol–water partition coefficient (Wildman–Crippen LogP) is 5.77. The van der Waals surface area contributed by atoms with Gasteiger partial charge in [-0.3, -0.25) is 24.6 Å². The van der Waals surface area contributed by atoms with E-state index in [1.54, 1.807) is 38.1 Å². The van der Waals surface area contributed by atoms with Gasteiger partial charge in [0.15, 0.2) is 0 Å². The number of nitro benzene ring substituents is 1. The summed E-state index contributed by atoms with van der Waals surface area (Å²) in [6.07, 6.45) is 1.69. The molecule has 0 aliphatic carbocycles. The quantitative estimate of drug-likeness (QED) is 0.270. The van der Waals surface area contributed by atoms with Crippen LogP contribution >= 0.6 is 11.8 Å². The van der Waals surface area contributed by atoms with Crippen LogP contribution in [0, 0.1) is 10.1 Å². The number of imide groups is 1. The topological polar surface area (TPSA) is 89.8 Å². The number of ether oxygens (including phenoxy) is 1. The van der Waals surface area contributed by atoms with E-state index in [9.17, 15) is 19.7 Å². The lowest BCUT2D eigenvalue weighted by Gasteiger charge is -2.16. The van der Waals surface area contributed by atoms with Crippen LogP contribution < -0.4 is 4.74 Å². The second kappa shape index (κ2) is 8.84. The van der Waals surface area contributed by atoms with Gasteiger partial charge in [-0.05, 0) is 54.1 Å². The average molecular weight is 449 g/mol. The zero-order valence-corrected chi connectivity index (χ0v) is 18.3. The minimum Gasteiger partial charge on any atom is -0.488 e. The Morgan fingerprint density at radius 2 is 1.88 bits per heavy atom. The van der Waals surface area contributed by atoms with Gasteiger partial charge in [0.1, 0.15) is 12.4 Å². The number of nitro groups is 1. The van der Waals surface area contributed by atoms with Crippen molar-refractivity contribution in [3.05, 3.63) is 86.8 Å². The fraction of sp³-hybridized carbons (Fsp3) is 0.167. The summed E-state index contributed by atoms with van der Waals surface area (Å²) in [5.41, 5.74) is 1.33. The molecule has 8 heteroatoms.